The molecule has 1 N–H and O–H groups in total. The van der Waals surface area contributed by atoms with Gasteiger partial charge in [-0.2, -0.15) is 0 Å². The molecule has 7 heteroatoms. The van der Waals surface area contributed by atoms with Crippen LogP contribution in [-0.2, 0) is 19.4 Å². The molecule has 1 aromatic heterocycles. The Morgan fingerprint density at radius 1 is 1.00 bits per heavy atom. The predicted octanol–water partition coefficient (Wildman–Crippen LogP) is 2.51. The predicted molar refractivity (Wildman–Crippen MR) is 106 cm³/mol. The van der Waals surface area contributed by atoms with Crippen LogP contribution in [0.4, 0.5) is 0 Å². The number of carbonyl (C=O) groups excluding carboxylic acids is 1. The zero-order valence-corrected chi connectivity index (χ0v) is 16.1. The number of aromatic nitrogens is 3. The number of hydrogen-bond acceptors (Lipinski definition) is 5. The van der Waals surface area contributed by atoms with Crippen LogP contribution in [-0.4, -0.2) is 41.7 Å². The van der Waals surface area contributed by atoms with Crippen molar-refractivity contribution in [1.29, 1.82) is 0 Å². The molecule has 0 saturated carbocycles. The molecule has 28 heavy (non-hydrogen) atoms. The standard InChI is InChI=1S/C21H24N4O3/c1-27-19-9-8-17(14-20(19)28-2)10-12-22-21(26)18-15-25(24-23-18)13-11-16-6-4-3-5-7-16/h3-9,14-15H,10-13H2,1-2H3,(H,22,26). The van der Waals surface area contributed by atoms with Crippen LogP contribution in [0.2, 0.25) is 0 Å². The van der Waals surface area contributed by atoms with E-state index >= 15 is 0 Å². The normalized spacial score (nSPS) is 10.5. The van der Waals surface area contributed by atoms with E-state index in [1.807, 2.05) is 36.4 Å². The maximum absolute atomic E-state index is 12.3. The van der Waals surface area contributed by atoms with Gasteiger partial charge in [0, 0.05) is 13.1 Å². The molecule has 0 unspecified atom stereocenters. The number of ether oxygens (including phenoxy) is 2. The van der Waals surface area contributed by atoms with Crippen molar-refractivity contribution in [3.63, 3.8) is 0 Å². The molecule has 0 spiro atoms. The maximum Gasteiger partial charge on any atom is 0.273 e. The number of nitrogens with zero attached hydrogens (tertiary/aromatic N) is 3. The first-order valence-electron chi connectivity index (χ1n) is 9.12. The second-order valence-electron chi connectivity index (χ2n) is 6.30. The van der Waals surface area contributed by atoms with Gasteiger partial charge in [-0.15, -0.1) is 5.10 Å². The molecule has 3 aromatic rings. The fourth-order valence-corrected chi connectivity index (χ4v) is 2.85. The Hall–Kier alpha value is -3.35. The fraction of sp³-hybridized carbons (Fsp3) is 0.286. The lowest BCUT2D eigenvalue weighted by atomic mass is 10.1. The molecule has 1 heterocycles. The Labute approximate surface area is 164 Å². The summed E-state index contributed by atoms with van der Waals surface area (Å²) < 4.78 is 12.2. The van der Waals surface area contributed by atoms with Crippen molar-refractivity contribution in [2.75, 3.05) is 20.8 Å². The Balaban J connectivity index is 1.48. The van der Waals surface area contributed by atoms with Gasteiger partial charge in [-0.25, -0.2) is 0 Å². The van der Waals surface area contributed by atoms with Crippen LogP contribution < -0.4 is 14.8 Å². The van der Waals surface area contributed by atoms with Gasteiger partial charge >= 0.3 is 0 Å². The minimum atomic E-state index is -0.230. The van der Waals surface area contributed by atoms with Crippen molar-refractivity contribution in [3.05, 3.63) is 71.5 Å². The molecule has 1 amide bonds. The molecular weight excluding hydrogens is 356 g/mol. The number of aryl methyl sites for hydroxylation is 2. The van der Waals surface area contributed by atoms with E-state index in [9.17, 15) is 4.79 Å². The molecule has 0 fully saturated rings. The summed E-state index contributed by atoms with van der Waals surface area (Å²) in [5, 5.41) is 10.9. The monoisotopic (exact) mass is 380 g/mol. The van der Waals surface area contributed by atoms with Crippen LogP contribution in [0.1, 0.15) is 21.6 Å². The molecule has 7 nitrogen and oxygen atoms in total. The molecule has 0 aliphatic carbocycles. The number of rotatable bonds is 9. The molecule has 0 atom stereocenters. The maximum atomic E-state index is 12.3. The van der Waals surface area contributed by atoms with Gasteiger partial charge < -0.3 is 14.8 Å². The van der Waals surface area contributed by atoms with Crippen LogP contribution in [0.5, 0.6) is 11.5 Å². The summed E-state index contributed by atoms with van der Waals surface area (Å²) in [4.78, 5) is 12.3. The zero-order valence-electron chi connectivity index (χ0n) is 16.1. The molecule has 0 aliphatic rings. The fourth-order valence-electron chi connectivity index (χ4n) is 2.85. The highest BCUT2D eigenvalue weighted by atomic mass is 16.5. The second kappa shape index (κ2) is 9.55. The summed E-state index contributed by atoms with van der Waals surface area (Å²) in [6.07, 6.45) is 3.19. The first-order chi connectivity index (χ1) is 13.7. The highest BCUT2D eigenvalue weighted by Crippen LogP contribution is 2.27. The Kier molecular flexibility index (Phi) is 6.62. The lowest BCUT2D eigenvalue weighted by Crippen LogP contribution is -2.26. The minimum Gasteiger partial charge on any atom is -0.493 e. The first-order valence-corrected chi connectivity index (χ1v) is 9.12. The summed E-state index contributed by atoms with van der Waals surface area (Å²) in [5.74, 6) is 1.13. The van der Waals surface area contributed by atoms with E-state index in [0.29, 0.717) is 36.7 Å². The molecular formula is C21H24N4O3. The van der Waals surface area contributed by atoms with Crippen molar-refractivity contribution in [2.24, 2.45) is 0 Å². The van der Waals surface area contributed by atoms with Gasteiger partial charge in [0.25, 0.3) is 5.91 Å². The van der Waals surface area contributed by atoms with Crippen molar-refractivity contribution < 1.29 is 14.3 Å². The quantitative estimate of drug-likeness (QED) is 0.617. The van der Waals surface area contributed by atoms with E-state index in [0.717, 1.165) is 12.0 Å². The third kappa shape index (κ3) is 5.09. The molecule has 0 saturated heterocycles. The Bertz CT molecular complexity index is 909. The van der Waals surface area contributed by atoms with E-state index in [2.05, 4.69) is 27.8 Å². The number of amides is 1. The molecule has 0 aliphatic heterocycles. The summed E-state index contributed by atoms with van der Waals surface area (Å²) in [5.41, 5.74) is 2.59. The highest BCUT2D eigenvalue weighted by molar-refractivity contribution is 5.91. The Morgan fingerprint density at radius 2 is 1.79 bits per heavy atom. The van der Waals surface area contributed by atoms with Crippen LogP contribution in [0.15, 0.2) is 54.7 Å². The van der Waals surface area contributed by atoms with Gasteiger partial charge in [0.1, 0.15) is 0 Å². The van der Waals surface area contributed by atoms with Gasteiger partial charge in [-0.3, -0.25) is 9.48 Å². The average molecular weight is 380 g/mol. The van der Waals surface area contributed by atoms with Gasteiger partial charge in [0.2, 0.25) is 0 Å². The van der Waals surface area contributed by atoms with Crippen molar-refractivity contribution >= 4 is 5.91 Å². The van der Waals surface area contributed by atoms with Crippen molar-refractivity contribution in [2.45, 2.75) is 19.4 Å². The van der Waals surface area contributed by atoms with Crippen LogP contribution >= 0.6 is 0 Å². The van der Waals surface area contributed by atoms with E-state index < -0.39 is 0 Å². The first kappa shape index (κ1) is 19.4. The minimum absolute atomic E-state index is 0.230. The van der Waals surface area contributed by atoms with E-state index in [1.165, 1.54) is 5.56 Å². The second-order valence-corrected chi connectivity index (χ2v) is 6.30. The average Bonchev–Trinajstić information content (AvgIpc) is 3.22. The molecule has 0 bridgehead atoms. The van der Waals surface area contributed by atoms with Crippen molar-refractivity contribution in [3.8, 4) is 11.5 Å². The van der Waals surface area contributed by atoms with Crippen LogP contribution in [0, 0.1) is 0 Å². The summed E-state index contributed by atoms with van der Waals surface area (Å²) in [7, 11) is 3.20. The lowest BCUT2D eigenvalue weighted by molar-refractivity contribution is 0.0949. The van der Waals surface area contributed by atoms with E-state index in [-0.39, 0.29) is 5.91 Å². The smallest absolute Gasteiger partial charge is 0.273 e. The highest BCUT2D eigenvalue weighted by Gasteiger charge is 2.11. The van der Waals surface area contributed by atoms with Gasteiger partial charge in [0.05, 0.1) is 20.4 Å². The van der Waals surface area contributed by atoms with E-state index in [4.69, 9.17) is 9.47 Å². The summed E-state index contributed by atoms with van der Waals surface area (Å²) >= 11 is 0. The third-order valence-corrected chi connectivity index (χ3v) is 4.39. The largest absolute Gasteiger partial charge is 0.493 e. The van der Waals surface area contributed by atoms with Crippen molar-refractivity contribution in [1.82, 2.24) is 20.3 Å². The lowest BCUT2D eigenvalue weighted by Gasteiger charge is -2.09. The summed E-state index contributed by atoms with van der Waals surface area (Å²) in [6.45, 7) is 1.17. The molecule has 2 aromatic carbocycles. The van der Waals surface area contributed by atoms with E-state index in [1.54, 1.807) is 25.1 Å². The van der Waals surface area contributed by atoms with Gasteiger partial charge in [0.15, 0.2) is 17.2 Å². The number of carbonyl (C=O) groups is 1. The topological polar surface area (TPSA) is 78.3 Å². The number of benzene rings is 2. The van der Waals surface area contributed by atoms with Crippen LogP contribution in [0.3, 0.4) is 0 Å². The zero-order chi connectivity index (χ0) is 19.8. The number of methoxy groups -OCH3 is 2. The van der Waals surface area contributed by atoms with Gasteiger partial charge in [-0.05, 0) is 36.1 Å². The number of nitrogens with one attached hydrogen (secondary N) is 1. The molecule has 146 valence electrons. The van der Waals surface area contributed by atoms with Gasteiger partial charge in [-0.1, -0.05) is 41.6 Å². The molecule has 3 rings (SSSR count). The number of hydrogen-bond donors (Lipinski definition) is 1. The van der Waals surface area contributed by atoms with Crippen LogP contribution in [0.25, 0.3) is 0 Å². The third-order valence-electron chi connectivity index (χ3n) is 4.39. The summed E-state index contributed by atoms with van der Waals surface area (Å²) in [6, 6.07) is 15.9. The Morgan fingerprint density at radius 3 is 2.54 bits per heavy atom. The SMILES string of the molecule is COc1ccc(CCNC(=O)c2cn(CCc3ccccc3)nn2)cc1OC. The molecule has 0 radical (unpaired) electrons.